The second-order valence-corrected chi connectivity index (χ2v) is 6.88. The number of imidazole rings is 1. The molecule has 0 unspecified atom stereocenters. The Kier molecular flexibility index (Phi) is 3.14. The number of rotatable bonds is 2. The van der Waals surface area contributed by atoms with E-state index in [1.165, 1.54) is 6.07 Å². The fourth-order valence-electron chi connectivity index (χ4n) is 3.93. The molecule has 6 nitrogen and oxygen atoms in total. The molecule has 0 spiro atoms. The van der Waals surface area contributed by atoms with Gasteiger partial charge in [-0.1, -0.05) is 24.3 Å². The first-order valence-corrected chi connectivity index (χ1v) is 9.10. The maximum atomic E-state index is 14.1. The number of furan rings is 1. The third-order valence-corrected chi connectivity index (χ3v) is 5.24. The number of aromatic amines is 1. The van der Waals surface area contributed by atoms with Crippen molar-refractivity contribution in [3.63, 3.8) is 0 Å². The van der Waals surface area contributed by atoms with Crippen LogP contribution >= 0.6 is 0 Å². The van der Waals surface area contributed by atoms with Crippen molar-refractivity contribution in [1.29, 1.82) is 0 Å². The Morgan fingerprint density at radius 3 is 2.93 bits per heavy atom. The van der Waals surface area contributed by atoms with Gasteiger partial charge in [0.15, 0.2) is 11.4 Å². The van der Waals surface area contributed by atoms with Crippen molar-refractivity contribution >= 4 is 28.1 Å². The lowest BCUT2D eigenvalue weighted by Gasteiger charge is -2.32. The summed E-state index contributed by atoms with van der Waals surface area (Å²) in [5, 5.41) is 1.02. The number of hydrogen-bond acceptors (Lipinski definition) is 5. The fourth-order valence-corrected chi connectivity index (χ4v) is 3.93. The molecule has 7 heteroatoms. The number of para-hydroxylation sites is 2. The first kappa shape index (κ1) is 15.4. The molecule has 5 aromatic rings. The molecule has 28 heavy (non-hydrogen) atoms. The average molecular weight is 374 g/mol. The van der Waals surface area contributed by atoms with Crippen molar-refractivity contribution in [2.24, 2.45) is 0 Å². The van der Waals surface area contributed by atoms with E-state index in [0.717, 1.165) is 34.5 Å². The first-order chi connectivity index (χ1) is 13.8. The lowest BCUT2D eigenvalue weighted by molar-refractivity contribution is 0.455. The van der Waals surface area contributed by atoms with Crippen LogP contribution in [-0.4, -0.2) is 21.5 Å². The summed E-state index contributed by atoms with van der Waals surface area (Å²) in [5.74, 6) is 0.325. The zero-order valence-electron chi connectivity index (χ0n) is 14.7. The number of anilines is 1. The minimum atomic E-state index is -0.422. The van der Waals surface area contributed by atoms with Crippen molar-refractivity contribution in [2.45, 2.75) is 12.5 Å². The molecular formula is C21H15FN4O2. The number of aromatic nitrogens is 3. The third-order valence-electron chi connectivity index (χ3n) is 5.24. The lowest BCUT2D eigenvalue weighted by atomic mass is 10.0. The number of H-pyrrole nitrogens is 1. The number of halogens is 1. The van der Waals surface area contributed by atoms with E-state index in [2.05, 4.69) is 15.0 Å². The molecule has 0 amide bonds. The average Bonchev–Trinajstić information content (AvgIpc) is 3.44. The number of hydrogen-bond donors (Lipinski definition) is 1. The van der Waals surface area contributed by atoms with Gasteiger partial charge in [0.05, 0.1) is 12.0 Å². The Hall–Kier alpha value is -3.61. The third kappa shape index (κ3) is 2.19. The summed E-state index contributed by atoms with van der Waals surface area (Å²) in [4.78, 5) is 14.2. The highest BCUT2D eigenvalue weighted by Crippen LogP contribution is 2.39. The maximum Gasteiger partial charge on any atom is 0.299 e. The highest BCUT2D eigenvalue weighted by Gasteiger charge is 2.36. The molecule has 0 saturated heterocycles. The van der Waals surface area contributed by atoms with Crippen LogP contribution in [0.25, 0.3) is 22.1 Å². The Balaban J connectivity index is 1.54. The van der Waals surface area contributed by atoms with Crippen LogP contribution in [0.15, 0.2) is 63.7 Å². The van der Waals surface area contributed by atoms with Gasteiger partial charge in [0, 0.05) is 24.0 Å². The van der Waals surface area contributed by atoms with Crippen molar-refractivity contribution in [3.8, 4) is 0 Å². The van der Waals surface area contributed by atoms with Crippen LogP contribution in [0.5, 0.6) is 0 Å². The van der Waals surface area contributed by atoms with E-state index in [4.69, 9.17) is 8.83 Å². The number of nitrogens with one attached hydrogen (secondary N) is 1. The van der Waals surface area contributed by atoms with Crippen LogP contribution in [0, 0.1) is 5.82 Å². The van der Waals surface area contributed by atoms with E-state index < -0.39 is 5.82 Å². The minimum absolute atomic E-state index is 0.161. The molecule has 1 aliphatic heterocycles. The molecule has 0 radical (unpaired) electrons. The van der Waals surface area contributed by atoms with Crippen LogP contribution in [0.3, 0.4) is 0 Å². The number of oxazole rings is 1. The Bertz CT molecular complexity index is 1290. The molecule has 1 atom stereocenters. The summed E-state index contributed by atoms with van der Waals surface area (Å²) in [6.45, 7) is 0.644. The Labute approximate surface area is 158 Å². The molecule has 138 valence electrons. The lowest BCUT2D eigenvalue weighted by Crippen LogP contribution is -2.36. The predicted octanol–water partition coefficient (Wildman–Crippen LogP) is 4.59. The molecule has 0 fully saturated rings. The molecule has 2 aromatic carbocycles. The van der Waals surface area contributed by atoms with Crippen LogP contribution in [0.2, 0.25) is 0 Å². The monoisotopic (exact) mass is 374 g/mol. The SMILES string of the molecule is Fc1cccc2nc(N3CCc4[nH]cnc4[C@H]3c3cc4ccccc4o3)oc12. The molecule has 1 N–H and O–H groups in total. The highest BCUT2D eigenvalue weighted by atomic mass is 19.1. The second kappa shape index (κ2) is 5.69. The van der Waals surface area contributed by atoms with Crippen molar-refractivity contribution in [2.75, 3.05) is 11.4 Å². The van der Waals surface area contributed by atoms with Crippen LogP contribution in [0.1, 0.15) is 23.2 Å². The summed E-state index contributed by atoms with van der Waals surface area (Å²) in [5.41, 5.74) is 3.39. The van der Waals surface area contributed by atoms with Gasteiger partial charge in [0.1, 0.15) is 22.9 Å². The maximum absolute atomic E-state index is 14.1. The fraction of sp³-hybridized carbons (Fsp3) is 0.143. The molecule has 4 heterocycles. The van der Waals surface area contributed by atoms with Gasteiger partial charge in [-0.05, 0) is 24.3 Å². The molecule has 6 rings (SSSR count). The van der Waals surface area contributed by atoms with Crippen molar-refractivity contribution in [3.05, 3.63) is 77.8 Å². The van der Waals surface area contributed by atoms with Crippen LogP contribution < -0.4 is 4.90 Å². The standard InChI is InChI=1S/C21H15FN4O2/c22-13-5-3-6-15-20(13)28-21(25-15)26-9-8-14-18(24-11-23-14)19(26)17-10-12-4-1-2-7-16(12)27-17/h1-7,10-11,19H,8-9H2,(H,23,24)/t19-/m1/s1. The van der Waals surface area contributed by atoms with Crippen molar-refractivity contribution < 1.29 is 13.2 Å². The zero-order valence-corrected chi connectivity index (χ0v) is 14.7. The number of fused-ring (bicyclic) bond motifs is 3. The van der Waals surface area contributed by atoms with E-state index in [9.17, 15) is 4.39 Å². The zero-order chi connectivity index (χ0) is 18.7. The molecule has 0 aliphatic carbocycles. The van der Waals surface area contributed by atoms with E-state index in [0.29, 0.717) is 18.1 Å². The van der Waals surface area contributed by atoms with Gasteiger partial charge in [0.2, 0.25) is 0 Å². The van der Waals surface area contributed by atoms with Crippen LogP contribution in [-0.2, 0) is 6.42 Å². The van der Waals surface area contributed by atoms with Gasteiger partial charge in [-0.15, -0.1) is 0 Å². The van der Waals surface area contributed by atoms with Crippen molar-refractivity contribution in [1.82, 2.24) is 15.0 Å². The molecule has 0 saturated carbocycles. The largest absolute Gasteiger partial charge is 0.458 e. The Morgan fingerprint density at radius 1 is 1.11 bits per heavy atom. The van der Waals surface area contributed by atoms with E-state index in [1.807, 2.05) is 35.2 Å². The number of benzene rings is 2. The first-order valence-electron chi connectivity index (χ1n) is 9.10. The summed E-state index contributed by atoms with van der Waals surface area (Å²) < 4.78 is 26.1. The Morgan fingerprint density at radius 2 is 2.04 bits per heavy atom. The molecular weight excluding hydrogens is 359 g/mol. The topological polar surface area (TPSA) is 71.1 Å². The second-order valence-electron chi connectivity index (χ2n) is 6.88. The minimum Gasteiger partial charge on any atom is -0.458 e. The van der Waals surface area contributed by atoms with Gasteiger partial charge in [-0.25, -0.2) is 9.37 Å². The molecule has 0 bridgehead atoms. The van der Waals surface area contributed by atoms with Gasteiger partial charge >= 0.3 is 0 Å². The van der Waals surface area contributed by atoms with E-state index in [-0.39, 0.29) is 11.6 Å². The normalized spacial score (nSPS) is 16.8. The highest BCUT2D eigenvalue weighted by molar-refractivity contribution is 5.78. The van der Waals surface area contributed by atoms with E-state index >= 15 is 0 Å². The van der Waals surface area contributed by atoms with E-state index in [1.54, 1.807) is 18.5 Å². The van der Waals surface area contributed by atoms with Gasteiger partial charge in [0.25, 0.3) is 6.01 Å². The predicted molar refractivity (Wildman–Crippen MR) is 102 cm³/mol. The molecule has 3 aromatic heterocycles. The summed E-state index contributed by atoms with van der Waals surface area (Å²) >= 11 is 0. The summed E-state index contributed by atoms with van der Waals surface area (Å²) in [6.07, 6.45) is 2.45. The molecule has 1 aliphatic rings. The summed E-state index contributed by atoms with van der Waals surface area (Å²) in [7, 11) is 0. The van der Waals surface area contributed by atoms with Gasteiger partial charge in [-0.3, -0.25) is 0 Å². The summed E-state index contributed by atoms with van der Waals surface area (Å²) in [6, 6.07) is 14.7. The quantitative estimate of drug-likeness (QED) is 0.489. The number of nitrogens with zero attached hydrogens (tertiary/aromatic N) is 3. The van der Waals surface area contributed by atoms with Crippen LogP contribution in [0.4, 0.5) is 10.4 Å². The van der Waals surface area contributed by atoms with Gasteiger partial charge in [-0.2, -0.15) is 4.98 Å². The van der Waals surface area contributed by atoms with Gasteiger partial charge < -0.3 is 18.7 Å². The smallest absolute Gasteiger partial charge is 0.299 e.